The summed E-state index contributed by atoms with van der Waals surface area (Å²) in [5, 5.41) is 27.0. The number of hydrogen-bond donors (Lipinski definition) is 2. The van der Waals surface area contributed by atoms with E-state index in [4.69, 9.17) is 5.10 Å². The average molecular weight is 561 g/mol. The molecule has 0 bridgehead atoms. The number of fused-ring (bicyclic) bond motifs is 2. The number of anilines is 1. The predicted molar refractivity (Wildman–Crippen MR) is 147 cm³/mol. The predicted octanol–water partition coefficient (Wildman–Crippen LogP) is 5.02. The molecule has 2 amide bonds. The Morgan fingerprint density at radius 3 is 2.69 bits per heavy atom. The molecule has 5 aromatic rings. The number of pyridine rings is 1. The maximum absolute atomic E-state index is 12.1. The van der Waals surface area contributed by atoms with Gasteiger partial charge in [0.1, 0.15) is 0 Å². The topological polar surface area (TPSA) is 131 Å². The van der Waals surface area contributed by atoms with Gasteiger partial charge in [-0.05, 0) is 73.8 Å². The van der Waals surface area contributed by atoms with Gasteiger partial charge in [-0.25, -0.2) is 9.78 Å². The Morgan fingerprint density at radius 1 is 1.05 bits per heavy atom. The number of carbonyl (C=O) groups excluding carboxylic acids is 1. The van der Waals surface area contributed by atoms with Crippen molar-refractivity contribution in [3.05, 3.63) is 48.8 Å². The molecule has 13 heteroatoms. The van der Waals surface area contributed by atoms with Crippen LogP contribution in [0.1, 0.15) is 31.7 Å². The maximum atomic E-state index is 12.1. The first-order valence-corrected chi connectivity index (χ1v) is 14.4. The summed E-state index contributed by atoms with van der Waals surface area (Å²) in [6.07, 6.45) is 6.51. The van der Waals surface area contributed by atoms with E-state index in [9.17, 15) is 14.7 Å². The molecule has 0 spiro atoms. The zero-order chi connectivity index (χ0) is 26.5. The normalized spacial score (nSPS) is 16.3. The molecule has 0 atom stereocenters. The average Bonchev–Trinajstić information content (AvgIpc) is 3.35. The Morgan fingerprint density at radius 2 is 1.90 bits per heavy atom. The van der Waals surface area contributed by atoms with E-state index in [0.29, 0.717) is 18.2 Å². The van der Waals surface area contributed by atoms with Crippen molar-refractivity contribution in [1.82, 2.24) is 34.3 Å². The highest BCUT2D eigenvalue weighted by Crippen LogP contribution is 2.35. The molecule has 1 saturated heterocycles. The van der Waals surface area contributed by atoms with E-state index in [0.717, 1.165) is 62.9 Å². The minimum absolute atomic E-state index is 0.0581. The number of hydrogen-bond acceptors (Lipinski definition) is 8. The van der Waals surface area contributed by atoms with E-state index in [1.807, 2.05) is 51.8 Å². The number of benzene rings is 1. The van der Waals surface area contributed by atoms with Gasteiger partial charge in [0.25, 0.3) is 0 Å². The van der Waals surface area contributed by atoms with Gasteiger partial charge >= 0.3 is 6.09 Å². The van der Waals surface area contributed by atoms with Gasteiger partial charge < -0.3 is 15.3 Å². The van der Waals surface area contributed by atoms with E-state index < -0.39 is 6.09 Å². The molecule has 198 valence electrons. The third-order valence-corrected chi connectivity index (χ3v) is 9.02. The first-order chi connectivity index (χ1) is 19.0. The van der Waals surface area contributed by atoms with Crippen molar-refractivity contribution in [2.24, 2.45) is 5.92 Å². The van der Waals surface area contributed by atoms with Crippen molar-refractivity contribution in [2.45, 2.75) is 41.8 Å². The molecule has 2 N–H and O–H groups in total. The van der Waals surface area contributed by atoms with Crippen LogP contribution in [0.3, 0.4) is 0 Å². The van der Waals surface area contributed by atoms with Crippen molar-refractivity contribution in [1.29, 1.82) is 0 Å². The smallest absolute Gasteiger partial charge is 0.407 e. The molecule has 2 fully saturated rings. The molecule has 1 aliphatic heterocycles. The van der Waals surface area contributed by atoms with Crippen molar-refractivity contribution >= 4 is 56.1 Å². The maximum Gasteiger partial charge on any atom is 0.407 e. The zero-order valence-electron chi connectivity index (χ0n) is 20.7. The highest BCUT2D eigenvalue weighted by molar-refractivity contribution is 7.99. The summed E-state index contributed by atoms with van der Waals surface area (Å²) in [7, 11) is 0. The van der Waals surface area contributed by atoms with E-state index in [2.05, 4.69) is 26.6 Å². The van der Waals surface area contributed by atoms with Crippen molar-refractivity contribution in [2.75, 3.05) is 18.4 Å². The number of nitrogens with zero attached hydrogens (tertiary/aromatic N) is 7. The van der Waals surface area contributed by atoms with Gasteiger partial charge in [0, 0.05) is 41.9 Å². The van der Waals surface area contributed by atoms with Gasteiger partial charge in [0.2, 0.25) is 5.91 Å². The fourth-order valence-electron chi connectivity index (χ4n) is 4.79. The molecule has 1 aliphatic carbocycles. The Labute approximate surface area is 230 Å². The molecule has 0 unspecified atom stereocenters. The van der Waals surface area contributed by atoms with E-state index >= 15 is 0 Å². The molecule has 11 nitrogen and oxygen atoms in total. The van der Waals surface area contributed by atoms with Crippen LogP contribution in [0.5, 0.6) is 0 Å². The number of likely N-dealkylation sites (tertiary alicyclic amines) is 1. The van der Waals surface area contributed by atoms with Crippen LogP contribution in [0.2, 0.25) is 0 Å². The van der Waals surface area contributed by atoms with Crippen LogP contribution < -0.4 is 5.32 Å². The Balaban J connectivity index is 1.10. The molecule has 4 aromatic heterocycles. The standard InChI is InChI=1S/C26H24N8O3S2/c35-23(15-1-2-15)28-24-27-20-5-4-18(13-21(20)39-24)38-25-30-29-22-6-3-16(14-33(22)25)19-9-12-34(31-19)17-7-10-32(11-8-17)26(36)37/h3-6,9,12-15,17H,1-2,7-8,10-11H2,(H,36,37)(H,27,28,35). The lowest BCUT2D eigenvalue weighted by Gasteiger charge is -2.30. The third kappa shape index (κ3) is 4.83. The van der Waals surface area contributed by atoms with Crippen molar-refractivity contribution in [3.8, 4) is 11.3 Å². The number of amides is 2. The summed E-state index contributed by atoms with van der Waals surface area (Å²) in [5.74, 6) is 0.197. The van der Waals surface area contributed by atoms with Gasteiger partial charge in [0.05, 0.1) is 22.0 Å². The highest BCUT2D eigenvalue weighted by Gasteiger charge is 2.30. The summed E-state index contributed by atoms with van der Waals surface area (Å²) in [5.41, 5.74) is 3.38. The van der Waals surface area contributed by atoms with Crippen molar-refractivity contribution in [3.63, 3.8) is 0 Å². The van der Waals surface area contributed by atoms with E-state index in [-0.39, 0.29) is 17.9 Å². The first kappa shape index (κ1) is 24.1. The molecule has 39 heavy (non-hydrogen) atoms. The second-order valence-corrected chi connectivity index (χ2v) is 11.9. The fraction of sp³-hybridized carbons (Fsp3) is 0.308. The lowest BCUT2D eigenvalue weighted by molar-refractivity contribution is -0.117. The van der Waals surface area contributed by atoms with E-state index in [1.54, 1.807) is 0 Å². The van der Waals surface area contributed by atoms with Crippen LogP contribution in [-0.4, -0.2) is 64.5 Å². The molecular formula is C26H24N8O3S2. The molecule has 0 radical (unpaired) electrons. The Bertz CT molecular complexity index is 1710. The Kier molecular flexibility index (Phi) is 5.96. The van der Waals surface area contributed by atoms with Crippen LogP contribution >= 0.6 is 23.1 Å². The minimum atomic E-state index is -0.861. The highest BCUT2D eigenvalue weighted by atomic mass is 32.2. The van der Waals surface area contributed by atoms with Gasteiger partial charge in [0.15, 0.2) is 15.9 Å². The third-order valence-electron chi connectivity index (χ3n) is 7.13. The lowest BCUT2D eigenvalue weighted by Crippen LogP contribution is -2.38. The SMILES string of the molecule is O=C(Nc1nc2ccc(Sc3nnc4ccc(-c5ccn(C6CCN(C(=O)O)CC6)n5)cn34)cc2s1)C1CC1. The van der Waals surface area contributed by atoms with Crippen molar-refractivity contribution < 1.29 is 14.7 Å². The zero-order valence-corrected chi connectivity index (χ0v) is 22.4. The number of nitrogens with one attached hydrogen (secondary N) is 1. The molecule has 1 saturated carbocycles. The molecule has 7 rings (SSSR count). The van der Waals surface area contributed by atoms with Crippen LogP contribution in [0.15, 0.2) is 58.8 Å². The summed E-state index contributed by atoms with van der Waals surface area (Å²) >= 11 is 2.99. The van der Waals surface area contributed by atoms with Crippen LogP contribution in [0.25, 0.3) is 27.1 Å². The summed E-state index contributed by atoms with van der Waals surface area (Å²) < 4.78 is 4.91. The van der Waals surface area contributed by atoms with Crippen LogP contribution in [-0.2, 0) is 4.79 Å². The summed E-state index contributed by atoms with van der Waals surface area (Å²) in [6.45, 7) is 1.04. The Hall–Kier alpha value is -3.97. The number of thiazole rings is 1. The summed E-state index contributed by atoms with van der Waals surface area (Å²) in [4.78, 5) is 30.3. The monoisotopic (exact) mass is 560 g/mol. The fourth-order valence-corrected chi connectivity index (χ4v) is 6.62. The molecule has 1 aromatic carbocycles. The summed E-state index contributed by atoms with van der Waals surface area (Å²) in [6, 6.07) is 12.1. The molecule has 2 aliphatic rings. The number of piperidine rings is 1. The second-order valence-electron chi connectivity index (χ2n) is 9.82. The number of carbonyl (C=O) groups is 2. The lowest BCUT2D eigenvalue weighted by atomic mass is 10.1. The van der Waals surface area contributed by atoms with E-state index in [1.165, 1.54) is 28.0 Å². The van der Waals surface area contributed by atoms with Gasteiger partial charge in [-0.15, -0.1) is 10.2 Å². The largest absolute Gasteiger partial charge is 0.465 e. The number of carboxylic acid groups (broad SMARTS) is 1. The van der Waals surface area contributed by atoms with Crippen LogP contribution in [0.4, 0.5) is 9.93 Å². The second kappa shape index (κ2) is 9.65. The quantitative estimate of drug-likeness (QED) is 0.296. The van der Waals surface area contributed by atoms with Gasteiger partial charge in [-0.1, -0.05) is 11.3 Å². The van der Waals surface area contributed by atoms with Gasteiger partial charge in [-0.3, -0.25) is 13.9 Å². The van der Waals surface area contributed by atoms with Gasteiger partial charge in [-0.2, -0.15) is 5.10 Å². The minimum Gasteiger partial charge on any atom is -0.465 e. The molecule has 5 heterocycles. The number of aromatic nitrogens is 6. The number of rotatable bonds is 6. The molecular weight excluding hydrogens is 536 g/mol. The first-order valence-electron chi connectivity index (χ1n) is 12.8. The van der Waals surface area contributed by atoms with Crippen LogP contribution in [0, 0.1) is 5.92 Å².